The highest BCUT2D eigenvalue weighted by atomic mass is 16.2. The molecule has 0 saturated carbocycles. The second kappa shape index (κ2) is 7.66. The Morgan fingerprint density at radius 2 is 1.72 bits per heavy atom. The van der Waals surface area contributed by atoms with Crippen LogP contribution in [-0.4, -0.2) is 50.0 Å². The number of benzene rings is 1. The van der Waals surface area contributed by atoms with E-state index in [0.29, 0.717) is 18.7 Å². The fourth-order valence-electron chi connectivity index (χ4n) is 2.67. The first kappa shape index (κ1) is 18.9. The molecule has 134 valence electrons. The largest absolute Gasteiger partial charge is 0.378 e. The average Bonchev–Trinajstić information content (AvgIpc) is 2.61. The summed E-state index contributed by atoms with van der Waals surface area (Å²) in [6, 6.07) is 10.1. The molecule has 0 aliphatic carbocycles. The molecule has 2 aromatic rings. The van der Waals surface area contributed by atoms with E-state index in [1.54, 1.807) is 24.3 Å². The van der Waals surface area contributed by atoms with Gasteiger partial charge in [-0.15, -0.1) is 0 Å². The van der Waals surface area contributed by atoms with Crippen LogP contribution in [0.4, 0.5) is 5.69 Å². The first-order chi connectivity index (χ1) is 11.7. The summed E-state index contributed by atoms with van der Waals surface area (Å²) in [6.45, 7) is 5.24. The smallest absolute Gasteiger partial charge is 0.255 e. The van der Waals surface area contributed by atoms with Gasteiger partial charge in [0.25, 0.3) is 5.91 Å². The van der Waals surface area contributed by atoms with Crippen LogP contribution in [-0.2, 0) is 0 Å². The summed E-state index contributed by atoms with van der Waals surface area (Å²) in [6.07, 6.45) is 3.40. The fourth-order valence-corrected chi connectivity index (χ4v) is 2.67. The lowest BCUT2D eigenvalue weighted by Crippen LogP contribution is -2.39. The van der Waals surface area contributed by atoms with Crippen LogP contribution in [0.5, 0.6) is 0 Å². The van der Waals surface area contributed by atoms with Crippen molar-refractivity contribution in [3.8, 4) is 11.1 Å². The number of hydrogen-bond donors (Lipinski definition) is 1. The van der Waals surface area contributed by atoms with Crippen molar-refractivity contribution in [3.63, 3.8) is 0 Å². The second-order valence-corrected chi connectivity index (χ2v) is 7.43. The topological polar surface area (TPSA) is 62.5 Å². The number of rotatable bonds is 6. The third-order valence-corrected chi connectivity index (χ3v) is 4.27. The molecular formula is C20H28N4O. The number of carbonyl (C=O) groups is 1. The minimum atomic E-state index is -0.114. The van der Waals surface area contributed by atoms with E-state index in [1.165, 1.54) is 0 Å². The Bertz CT molecular complexity index is 723. The van der Waals surface area contributed by atoms with E-state index in [9.17, 15) is 4.79 Å². The highest BCUT2D eigenvalue weighted by Crippen LogP contribution is 2.23. The summed E-state index contributed by atoms with van der Waals surface area (Å²) >= 11 is 0. The minimum absolute atomic E-state index is 0.0409. The van der Waals surface area contributed by atoms with E-state index in [2.05, 4.69) is 35.9 Å². The van der Waals surface area contributed by atoms with Crippen LogP contribution < -0.4 is 10.6 Å². The predicted molar refractivity (Wildman–Crippen MR) is 104 cm³/mol. The predicted octanol–water partition coefficient (Wildman–Crippen LogP) is 2.87. The second-order valence-electron chi connectivity index (χ2n) is 7.43. The minimum Gasteiger partial charge on any atom is -0.378 e. The van der Waals surface area contributed by atoms with Crippen LogP contribution in [0.15, 0.2) is 42.7 Å². The van der Waals surface area contributed by atoms with Gasteiger partial charge >= 0.3 is 0 Å². The van der Waals surface area contributed by atoms with Crippen molar-refractivity contribution < 1.29 is 4.79 Å². The molecule has 0 spiro atoms. The summed E-state index contributed by atoms with van der Waals surface area (Å²) in [5.41, 5.74) is 9.35. The maximum Gasteiger partial charge on any atom is 0.255 e. The highest BCUT2D eigenvalue weighted by molar-refractivity contribution is 5.95. The maximum absolute atomic E-state index is 12.7. The van der Waals surface area contributed by atoms with Gasteiger partial charge in [-0.2, -0.15) is 0 Å². The number of nitrogens with two attached hydrogens (primary N) is 1. The third-order valence-electron chi connectivity index (χ3n) is 4.27. The van der Waals surface area contributed by atoms with Gasteiger partial charge in [-0.1, -0.05) is 26.0 Å². The van der Waals surface area contributed by atoms with Gasteiger partial charge in [0.1, 0.15) is 0 Å². The molecule has 5 heteroatoms. The normalized spacial score (nSPS) is 11.3. The number of carbonyl (C=O) groups excluding carboxylic acids is 1. The summed E-state index contributed by atoms with van der Waals surface area (Å²) in [5.74, 6) is -0.0409. The molecule has 0 radical (unpaired) electrons. The Kier molecular flexibility index (Phi) is 5.80. The lowest BCUT2D eigenvalue weighted by molar-refractivity contribution is 0.0740. The molecular weight excluding hydrogens is 312 g/mol. The van der Waals surface area contributed by atoms with Gasteiger partial charge in [-0.05, 0) is 35.7 Å². The highest BCUT2D eigenvalue weighted by Gasteiger charge is 2.22. The SMILES string of the molecule is CN(CC(C)(C)CN)C(=O)c1cncc(-c2ccc(N(C)C)cc2)c1. The number of hydrogen-bond acceptors (Lipinski definition) is 4. The van der Waals surface area contributed by atoms with Gasteiger partial charge in [0.05, 0.1) is 5.56 Å². The molecule has 0 bridgehead atoms. The molecule has 1 aromatic carbocycles. The van der Waals surface area contributed by atoms with Crippen molar-refractivity contribution in [3.05, 3.63) is 48.3 Å². The Balaban J connectivity index is 2.22. The number of nitrogens with zero attached hydrogens (tertiary/aromatic N) is 3. The van der Waals surface area contributed by atoms with Gasteiger partial charge in [0.15, 0.2) is 0 Å². The van der Waals surface area contributed by atoms with Crippen LogP contribution in [0.1, 0.15) is 24.2 Å². The lowest BCUT2D eigenvalue weighted by atomic mass is 9.93. The molecule has 0 saturated heterocycles. The van der Waals surface area contributed by atoms with E-state index in [1.807, 2.05) is 32.3 Å². The molecule has 1 heterocycles. The summed E-state index contributed by atoms with van der Waals surface area (Å²) in [7, 11) is 5.82. The van der Waals surface area contributed by atoms with Crippen molar-refractivity contribution in [2.45, 2.75) is 13.8 Å². The monoisotopic (exact) mass is 340 g/mol. The van der Waals surface area contributed by atoms with Crippen molar-refractivity contribution >= 4 is 11.6 Å². The average molecular weight is 340 g/mol. The zero-order chi connectivity index (χ0) is 18.6. The van der Waals surface area contributed by atoms with Crippen molar-refractivity contribution in [2.24, 2.45) is 11.1 Å². The van der Waals surface area contributed by atoms with Gasteiger partial charge in [-0.3, -0.25) is 9.78 Å². The van der Waals surface area contributed by atoms with Crippen LogP contribution in [0.25, 0.3) is 11.1 Å². The molecule has 5 nitrogen and oxygen atoms in total. The molecule has 0 atom stereocenters. The number of amides is 1. The Morgan fingerprint density at radius 3 is 2.28 bits per heavy atom. The molecule has 2 rings (SSSR count). The van der Waals surface area contributed by atoms with Gasteiger partial charge in [0.2, 0.25) is 0 Å². The molecule has 0 unspecified atom stereocenters. The van der Waals surface area contributed by atoms with E-state index in [-0.39, 0.29) is 11.3 Å². The van der Waals surface area contributed by atoms with Crippen molar-refractivity contribution in [1.82, 2.24) is 9.88 Å². The van der Waals surface area contributed by atoms with Crippen LogP contribution in [0.3, 0.4) is 0 Å². The van der Waals surface area contributed by atoms with E-state index in [4.69, 9.17) is 5.73 Å². The number of anilines is 1. The molecule has 0 fully saturated rings. The first-order valence-corrected chi connectivity index (χ1v) is 8.42. The molecule has 1 amide bonds. The van der Waals surface area contributed by atoms with E-state index in [0.717, 1.165) is 16.8 Å². The number of pyridine rings is 1. The molecule has 2 N–H and O–H groups in total. The van der Waals surface area contributed by atoms with E-state index < -0.39 is 0 Å². The summed E-state index contributed by atoms with van der Waals surface area (Å²) < 4.78 is 0. The Morgan fingerprint density at radius 1 is 1.08 bits per heavy atom. The fraction of sp³-hybridized carbons (Fsp3) is 0.400. The van der Waals surface area contributed by atoms with Gasteiger partial charge < -0.3 is 15.5 Å². The zero-order valence-electron chi connectivity index (χ0n) is 15.8. The Hall–Kier alpha value is -2.40. The molecule has 0 aliphatic heterocycles. The first-order valence-electron chi connectivity index (χ1n) is 8.42. The molecule has 1 aromatic heterocycles. The third kappa shape index (κ3) is 4.79. The van der Waals surface area contributed by atoms with E-state index >= 15 is 0 Å². The van der Waals surface area contributed by atoms with Gasteiger partial charge in [0, 0.05) is 51.3 Å². The number of aromatic nitrogens is 1. The Labute approximate surface area is 150 Å². The standard InChI is InChI=1S/C20H28N4O/c1-20(2,13-21)14-24(5)19(25)17-10-16(11-22-12-17)15-6-8-18(9-7-15)23(3)4/h6-12H,13-14,21H2,1-5H3. The van der Waals surface area contributed by atoms with Crippen molar-refractivity contribution in [2.75, 3.05) is 39.1 Å². The quantitative estimate of drug-likeness (QED) is 0.878. The zero-order valence-corrected chi connectivity index (χ0v) is 15.8. The van der Waals surface area contributed by atoms with Crippen LogP contribution in [0, 0.1) is 5.41 Å². The van der Waals surface area contributed by atoms with Crippen molar-refractivity contribution in [1.29, 1.82) is 0 Å². The van der Waals surface area contributed by atoms with Crippen LogP contribution >= 0.6 is 0 Å². The molecule has 25 heavy (non-hydrogen) atoms. The summed E-state index contributed by atoms with van der Waals surface area (Å²) in [4.78, 5) is 20.7. The maximum atomic E-state index is 12.7. The van der Waals surface area contributed by atoms with Crippen LogP contribution in [0.2, 0.25) is 0 Å². The lowest BCUT2D eigenvalue weighted by Gasteiger charge is -2.29. The van der Waals surface area contributed by atoms with Gasteiger partial charge in [-0.25, -0.2) is 0 Å². The molecule has 0 aliphatic rings. The summed E-state index contributed by atoms with van der Waals surface area (Å²) in [5, 5.41) is 0.